The Kier molecular flexibility index (Phi) is 11.7. The molecule has 0 saturated heterocycles. The van der Waals surface area contributed by atoms with Gasteiger partial charge in [-0.15, -0.1) is 0 Å². The predicted octanol–water partition coefficient (Wildman–Crippen LogP) is 2.35. The molecule has 0 fully saturated rings. The number of carbonyl (C=O) groups excluding carboxylic acids is 1. The Balaban J connectivity index is 2.90. The normalized spacial score (nSPS) is 12.9. The molecule has 0 heterocycles. The molecule has 0 spiro atoms. The van der Waals surface area contributed by atoms with Crippen LogP contribution in [0.15, 0.2) is 40.8 Å². The summed E-state index contributed by atoms with van der Waals surface area (Å²) in [5.41, 5.74) is 1.12. The zero-order valence-electron chi connectivity index (χ0n) is 18.6. The van der Waals surface area contributed by atoms with Crippen molar-refractivity contribution >= 4 is 35.1 Å². The number of allylic oxidation sites excluding steroid dienone is 1. The number of rotatable bonds is 14. The lowest BCUT2D eigenvalue weighted by atomic mass is 10.2. The van der Waals surface area contributed by atoms with E-state index in [1.165, 1.54) is 0 Å². The maximum absolute atomic E-state index is 12.7. The van der Waals surface area contributed by atoms with Crippen LogP contribution < -0.4 is 0 Å². The average Bonchev–Trinajstić information content (AvgIpc) is 2.70. The van der Waals surface area contributed by atoms with Gasteiger partial charge in [-0.1, -0.05) is 23.8 Å². The third-order valence-corrected chi connectivity index (χ3v) is 9.55. The first-order valence-electron chi connectivity index (χ1n) is 10.2. The lowest BCUT2D eigenvalue weighted by Crippen LogP contribution is -2.45. The van der Waals surface area contributed by atoms with Crippen molar-refractivity contribution in [1.82, 2.24) is 0 Å². The third kappa shape index (κ3) is 8.44. The summed E-state index contributed by atoms with van der Waals surface area (Å²) in [6.45, 7) is 9.06. The van der Waals surface area contributed by atoms with Gasteiger partial charge in [0.05, 0.1) is 10.6 Å². The van der Waals surface area contributed by atoms with Crippen molar-refractivity contribution in [2.45, 2.75) is 51.5 Å². The summed E-state index contributed by atoms with van der Waals surface area (Å²) >= 11 is 0. The van der Waals surface area contributed by atoms with Gasteiger partial charge < -0.3 is 17.7 Å². The van der Waals surface area contributed by atoms with E-state index < -0.39 is 24.6 Å². The van der Waals surface area contributed by atoms with Crippen molar-refractivity contribution in [3.63, 3.8) is 0 Å². The van der Waals surface area contributed by atoms with Gasteiger partial charge in [-0.2, -0.15) is 0 Å². The van der Waals surface area contributed by atoms with Crippen LogP contribution in [-0.4, -0.2) is 59.3 Å². The molecule has 0 aliphatic rings. The highest BCUT2D eigenvalue weighted by atomic mass is 32.2. The second-order valence-electron chi connectivity index (χ2n) is 6.67. The quantitative estimate of drug-likeness (QED) is 0.232. The molecule has 0 bridgehead atoms. The minimum Gasteiger partial charge on any atom is -0.525 e. The number of sulfone groups is 1. The summed E-state index contributed by atoms with van der Waals surface area (Å²) in [5.74, 6) is -0.970. The highest BCUT2D eigenvalue weighted by Gasteiger charge is 2.39. The molecule has 1 aromatic rings. The van der Waals surface area contributed by atoms with E-state index in [0.717, 1.165) is 5.56 Å². The summed E-state index contributed by atoms with van der Waals surface area (Å²) < 4.78 is 47.9. The molecule has 0 unspecified atom stereocenters. The molecular weight excluding hydrogens is 440 g/mol. The van der Waals surface area contributed by atoms with Crippen molar-refractivity contribution < 1.29 is 30.9 Å². The highest BCUT2D eigenvalue weighted by Crippen LogP contribution is 2.21. The number of hydrogen-bond donors (Lipinski definition) is 0. The first kappa shape index (κ1) is 26.7. The van der Waals surface area contributed by atoms with E-state index in [-0.39, 0.29) is 26.7 Å². The zero-order valence-corrected chi connectivity index (χ0v) is 22.4. The van der Waals surface area contributed by atoms with Crippen LogP contribution >= 0.6 is 0 Å². The fourth-order valence-electron chi connectivity index (χ4n) is 2.96. The van der Waals surface area contributed by atoms with E-state index in [9.17, 15) is 13.2 Å². The SMILES string of the molecule is CCO[Si](CCCC=C(CS(=O)(=O)c1ccc(C)cc1)C(=O)O[SiH3])(OCC)OCC. The van der Waals surface area contributed by atoms with Crippen molar-refractivity contribution in [1.29, 1.82) is 0 Å². The van der Waals surface area contributed by atoms with Gasteiger partial charge >= 0.3 is 14.8 Å². The number of aryl methyl sites for hydroxylation is 1. The molecule has 7 nitrogen and oxygen atoms in total. The van der Waals surface area contributed by atoms with Crippen LogP contribution in [0.2, 0.25) is 6.04 Å². The molecule has 0 radical (unpaired) electrons. The van der Waals surface area contributed by atoms with E-state index in [1.54, 1.807) is 30.3 Å². The summed E-state index contributed by atoms with van der Waals surface area (Å²) in [6.07, 6.45) is 2.79. The van der Waals surface area contributed by atoms with Gasteiger partial charge in [0.1, 0.15) is 0 Å². The van der Waals surface area contributed by atoms with Crippen LogP contribution in [0.1, 0.15) is 39.2 Å². The van der Waals surface area contributed by atoms with E-state index in [2.05, 4.69) is 0 Å². The Morgan fingerprint density at radius 2 is 1.57 bits per heavy atom. The van der Waals surface area contributed by atoms with Crippen LogP contribution in [0, 0.1) is 6.92 Å². The second-order valence-corrected chi connectivity index (χ2v) is 11.8. The maximum atomic E-state index is 12.7. The Bertz CT molecular complexity index is 775. The molecule has 1 aromatic carbocycles. The smallest absolute Gasteiger partial charge is 0.500 e. The molecule has 170 valence electrons. The monoisotopic (exact) mass is 474 g/mol. The van der Waals surface area contributed by atoms with Crippen molar-refractivity contribution in [2.24, 2.45) is 0 Å². The number of unbranched alkanes of at least 4 members (excludes halogenated alkanes) is 1. The van der Waals surface area contributed by atoms with Gasteiger partial charge in [0, 0.05) is 31.4 Å². The Labute approximate surface area is 184 Å². The molecule has 1 rings (SSSR count). The predicted molar refractivity (Wildman–Crippen MR) is 122 cm³/mol. The molecule has 0 aliphatic carbocycles. The van der Waals surface area contributed by atoms with Gasteiger partial charge in [0.25, 0.3) is 0 Å². The molecule has 10 heteroatoms. The van der Waals surface area contributed by atoms with Gasteiger partial charge in [-0.25, -0.2) is 13.2 Å². The van der Waals surface area contributed by atoms with Crippen molar-refractivity contribution in [2.75, 3.05) is 25.6 Å². The van der Waals surface area contributed by atoms with E-state index in [1.807, 2.05) is 27.7 Å². The maximum Gasteiger partial charge on any atom is 0.500 e. The second kappa shape index (κ2) is 13.2. The molecule has 0 N–H and O–H groups in total. The van der Waals surface area contributed by atoms with Crippen LogP contribution in [0.4, 0.5) is 0 Å². The van der Waals surface area contributed by atoms with E-state index in [4.69, 9.17) is 17.7 Å². The molecule has 30 heavy (non-hydrogen) atoms. The number of benzene rings is 1. The van der Waals surface area contributed by atoms with Crippen LogP contribution in [0.25, 0.3) is 0 Å². The lowest BCUT2D eigenvalue weighted by molar-refractivity contribution is -0.129. The minimum atomic E-state index is -3.64. The number of hydrogen-bond acceptors (Lipinski definition) is 7. The van der Waals surface area contributed by atoms with E-state index >= 15 is 0 Å². The fraction of sp³-hybridized carbons (Fsp3) is 0.550. The molecule has 0 aromatic heterocycles. The standard InChI is InChI=1S/C20H34O7SSi2/c1-5-24-30(25-6-2,26-7-3)15-9-8-10-18(20(21)27-29)16-28(22,23)19-13-11-17(4)12-14-19/h10-14H,5-9,15-16H2,1-4,29H3. The highest BCUT2D eigenvalue weighted by molar-refractivity contribution is 7.91. The zero-order chi connectivity index (χ0) is 22.6. The van der Waals surface area contributed by atoms with Crippen molar-refractivity contribution in [3.05, 3.63) is 41.5 Å². The summed E-state index contributed by atoms with van der Waals surface area (Å²) in [7, 11) is -6.21. The fourth-order valence-corrected chi connectivity index (χ4v) is 7.23. The summed E-state index contributed by atoms with van der Waals surface area (Å²) in [6, 6.07) is 7.18. The molecule has 0 aliphatic heterocycles. The minimum absolute atomic E-state index is 0.155. The summed E-state index contributed by atoms with van der Waals surface area (Å²) in [4.78, 5) is 12.4. The molecular formula is C20H34O7SSi2. The molecule has 0 saturated carbocycles. The Hall–Kier alpha value is -1.31. The van der Waals surface area contributed by atoms with Gasteiger partial charge in [-0.3, -0.25) is 0 Å². The van der Waals surface area contributed by atoms with Gasteiger partial charge in [0.15, 0.2) is 9.84 Å². The molecule has 0 amide bonds. The molecule has 0 atom stereocenters. The summed E-state index contributed by atoms with van der Waals surface area (Å²) in [5, 5.41) is 0. The Morgan fingerprint density at radius 1 is 1.03 bits per heavy atom. The average molecular weight is 475 g/mol. The van der Waals surface area contributed by atoms with Gasteiger partial charge in [0.2, 0.25) is 10.5 Å². The largest absolute Gasteiger partial charge is 0.525 e. The first-order chi connectivity index (χ1) is 14.2. The lowest BCUT2D eigenvalue weighted by Gasteiger charge is -2.28. The Morgan fingerprint density at radius 3 is 2.03 bits per heavy atom. The number of carbonyl (C=O) groups is 1. The van der Waals surface area contributed by atoms with Crippen LogP contribution in [0.5, 0.6) is 0 Å². The topological polar surface area (TPSA) is 88.1 Å². The van der Waals surface area contributed by atoms with Crippen molar-refractivity contribution in [3.8, 4) is 0 Å². The third-order valence-electron chi connectivity index (χ3n) is 4.34. The van der Waals surface area contributed by atoms with Crippen LogP contribution in [-0.2, 0) is 32.3 Å². The van der Waals surface area contributed by atoms with Crippen LogP contribution in [0.3, 0.4) is 0 Å². The first-order valence-corrected chi connectivity index (χ1v) is 14.6. The van der Waals surface area contributed by atoms with E-state index in [0.29, 0.717) is 38.7 Å². The van der Waals surface area contributed by atoms with Gasteiger partial charge in [-0.05, 0) is 52.7 Å².